The van der Waals surface area contributed by atoms with E-state index in [1.807, 2.05) is 30.3 Å². The van der Waals surface area contributed by atoms with Crippen LogP contribution in [-0.2, 0) is 11.2 Å². The van der Waals surface area contributed by atoms with Gasteiger partial charge in [0.2, 0.25) is 0 Å². The Balaban J connectivity index is 2.37. The summed E-state index contributed by atoms with van der Waals surface area (Å²) >= 11 is 0.907. The van der Waals surface area contributed by atoms with Crippen LogP contribution in [-0.4, -0.2) is 18.4 Å². The summed E-state index contributed by atoms with van der Waals surface area (Å²) in [5.74, 6) is 0. The van der Waals surface area contributed by atoms with Gasteiger partial charge in [-0.05, 0) is 12.0 Å². The first-order chi connectivity index (χ1) is 7.72. The summed E-state index contributed by atoms with van der Waals surface area (Å²) in [7, 11) is 0. The van der Waals surface area contributed by atoms with Crippen molar-refractivity contribution in [2.75, 3.05) is 0 Å². The third-order valence-corrected chi connectivity index (χ3v) is 2.55. The van der Waals surface area contributed by atoms with Gasteiger partial charge in [0.25, 0.3) is 0 Å². The molecule has 1 rings (SSSR count). The Hall–Kier alpha value is -1.53. The minimum Gasteiger partial charge on any atom is -0.351 e. The minimum absolute atomic E-state index is 0.362. The second-order valence-corrected chi connectivity index (χ2v) is 3.76. The molecule has 0 spiro atoms. The second kappa shape index (κ2) is 6.86. The molecule has 5 nitrogen and oxygen atoms in total. The Morgan fingerprint density at radius 2 is 2.12 bits per heavy atom. The smallest absolute Gasteiger partial charge is 0.323 e. The fourth-order valence-corrected chi connectivity index (χ4v) is 1.59. The highest BCUT2D eigenvalue weighted by molar-refractivity contribution is 7.96. The first-order valence-electron chi connectivity index (χ1n) is 4.68. The van der Waals surface area contributed by atoms with E-state index < -0.39 is 6.03 Å². The first kappa shape index (κ1) is 12.5. The van der Waals surface area contributed by atoms with Crippen molar-refractivity contribution in [3.05, 3.63) is 35.9 Å². The summed E-state index contributed by atoms with van der Waals surface area (Å²) in [6, 6.07) is 8.59. The Morgan fingerprint density at radius 3 is 2.69 bits per heavy atom. The maximum absolute atomic E-state index is 10.8. The van der Waals surface area contributed by atoms with Gasteiger partial charge >= 0.3 is 6.03 Å². The molecule has 0 saturated heterocycles. The molecule has 16 heavy (non-hydrogen) atoms. The SMILES string of the molecule is NC(=O)NSN[C@H](C=O)Cc1ccccc1. The van der Waals surface area contributed by atoms with Crippen LogP contribution in [0.4, 0.5) is 4.79 Å². The molecule has 0 fully saturated rings. The Morgan fingerprint density at radius 1 is 1.44 bits per heavy atom. The molecule has 0 saturated carbocycles. The Kier molecular flexibility index (Phi) is 5.38. The van der Waals surface area contributed by atoms with Crippen LogP contribution >= 0.6 is 12.1 Å². The number of carbonyl (C=O) groups is 2. The quantitative estimate of drug-likeness (QED) is 0.502. The normalized spacial score (nSPS) is 11.8. The fourth-order valence-electron chi connectivity index (χ4n) is 1.14. The number of hydrogen-bond acceptors (Lipinski definition) is 4. The zero-order valence-electron chi connectivity index (χ0n) is 8.55. The lowest BCUT2D eigenvalue weighted by molar-refractivity contribution is -0.109. The van der Waals surface area contributed by atoms with Crippen LogP contribution in [0.3, 0.4) is 0 Å². The molecule has 0 aliphatic heterocycles. The molecule has 0 radical (unpaired) electrons. The van der Waals surface area contributed by atoms with E-state index in [4.69, 9.17) is 5.73 Å². The molecular weight excluding hydrogens is 226 g/mol. The number of nitrogens with one attached hydrogen (secondary N) is 2. The molecule has 2 amide bonds. The van der Waals surface area contributed by atoms with E-state index in [0.717, 1.165) is 24.0 Å². The topological polar surface area (TPSA) is 84.2 Å². The molecule has 0 unspecified atom stereocenters. The highest BCUT2D eigenvalue weighted by Gasteiger charge is 2.07. The van der Waals surface area contributed by atoms with E-state index >= 15 is 0 Å². The molecule has 0 aliphatic rings. The van der Waals surface area contributed by atoms with Crippen LogP contribution < -0.4 is 15.2 Å². The van der Waals surface area contributed by atoms with Crippen LogP contribution in [0.2, 0.25) is 0 Å². The van der Waals surface area contributed by atoms with Gasteiger partial charge in [0.1, 0.15) is 6.29 Å². The number of benzene rings is 1. The van der Waals surface area contributed by atoms with Gasteiger partial charge in [-0.25, -0.2) is 9.52 Å². The monoisotopic (exact) mass is 239 g/mol. The van der Waals surface area contributed by atoms with Crippen LogP contribution in [0, 0.1) is 0 Å². The number of nitrogens with two attached hydrogens (primary N) is 1. The predicted octanol–water partition coefficient (Wildman–Crippen LogP) is 0.618. The fraction of sp³-hybridized carbons (Fsp3) is 0.200. The van der Waals surface area contributed by atoms with E-state index in [9.17, 15) is 9.59 Å². The van der Waals surface area contributed by atoms with Crippen LogP contribution in [0.25, 0.3) is 0 Å². The van der Waals surface area contributed by atoms with Crippen molar-refractivity contribution in [2.45, 2.75) is 12.5 Å². The summed E-state index contributed by atoms with van der Waals surface area (Å²) in [6.07, 6.45) is 1.36. The van der Waals surface area contributed by atoms with Crippen molar-refractivity contribution in [3.63, 3.8) is 0 Å². The van der Waals surface area contributed by atoms with E-state index in [0.29, 0.717) is 6.42 Å². The van der Waals surface area contributed by atoms with Crippen molar-refractivity contribution < 1.29 is 9.59 Å². The van der Waals surface area contributed by atoms with Crippen molar-refractivity contribution >= 4 is 24.5 Å². The minimum atomic E-state index is -0.651. The first-order valence-corrected chi connectivity index (χ1v) is 5.50. The number of amides is 2. The summed E-state index contributed by atoms with van der Waals surface area (Å²) in [5, 5.41) is 0. The average molecular weight is 239 g/mol. The van der Waals surface area contributed by atoms with E-state index in [1.165, 1.54) is 0 Å². The summed E-state index contributed by atoms with van der Waals surface area (Å²) in [4.78, 5) is 21.2. The molecule has 4 N–H and O–H groups in total. The Bertz CT molecular complexity index is 345. The molecule has 1 aromatic carbocycles. The van der Waals surface area contributed by atoms with Gasteiger partial charge in [-0.2, -0.15) is 0 Å². The Labute approximate surface area is 98.0 Å². The molecular formula is C10H13N3O2S. The van der Waals surface area contributed by atoms with Gasteiger partial charge in [0.05, 0.1) is 6.04 Å². The van der Waals surface area contributed by atoms with Crippen LogP contribution in [0.15, 0.2) is 30.3 Å². The number of rotatable bonds is 6. The van der Waals surface area contributed by atoms with Gasteiger partial charge in [0.15, 0.2) is 0 Å². The standard InChI is InChI=1S/C10H13N3O2S/c11-10(15)13-16-12-9(7-14)6-8-4-2-1-3-5-8/h1-5,7,9,12H,6H2,(H3,11,13,15)/t9-/m0/s1. The molecule has 0 heterocycles. The number of aldehydes is 1. The molecule has 0 aromatic heterocycles. The lowest BCUT2D eigenvalue weighted by Gasteiger charge is -2.11. The molecule has 1 aromatic rings. The maximum atomic E-state index is 10.8. The van der Waals surface area contributed by atoms with Crippen LogP contribution in [0.1, 0.15) is 5.56 Å². The summed E-state index contributed by atoms with van der Waals surface area (Å²) < 4.78 is 5.07. The molecule has 0 bridgehead atoms. The maximum Gasteiger partial charge on any atom is 0.323 e. The van der Waals surface area contributed by atoms with Crippen LogP contribution in [0.5, 0.6) is 0 Å². The highest BCUT2D eigenvalue weighted by Crippen LogP contribution is 2.03. The van der Waals surface area contributed by atoms with E-state index in [-0.39, 0.29) is 6.04 Å². The third-order valence-electron chi connectivity index (χ3n) is 1.82. The second-order valence-electron chi connectivity index (χ2n) is 3.12. The van der Waals surface area contributed by atoms with Gasteiger partial charge in [-0.1, -0.05) is 30.3 Å². The number of primary amides is 1. The average Bonchev–Trinajstić information content (AvgIpc) is 2.28. The molecule has 1 atom stereocenters. The van der Waals surface area contributed by atoms with Crippen molar-refractivity contribution in [1.29, 1.82) is 0 Å². The van der Waals surface area contributed by atoms with E-state index in [1.54, 1.807) is 0 Å². The molecule has 6 heteroatoms. The largest absolute Gasteiger partial charge is 0.351 e. The van der Waals surface area contributed by atoms with Crippen molar-refractivity contribution in [3.8, 4) is 0 Å². The molecule has 86 valence electrons. The van der Waals surface area contributed by atoms with Gasteiger partial charge in [-0.15, -0.1) is 0 Å². The number of hydrogen-bond donors (Lipinski definition) is 3. The van der Waals surface area contributed by atoms with Gasteiger partial charge < -0.3 is 10.5 Å². The zero-order chi connectivity index (χ0) is 11.8. The van der Waals surface area contributed by atoms with E-state index in [2.05, 4.69) is 9.44 Å². The number of urea groups is 1. The zero-order valence-corrected chi connectivity index (χ0v) is 9.37. The number of carbonyl (C=O) groups excluding carboxylic acids is 2. The highest BCUT2D eigenvalue weighted by atomic mass is 32.2. The predicted molar refractivity (Wildman–Crippen MR) is 63.4 cm³/mol. The third kappa shape index (κ3) is 4.81. The summed E-state index contributed by atoms with van der Waals surface area (Å²) in [6.45, 7) is 0. The van der Waals surface area contributed by atoms with Gasteiger partial charge in [-0.3, -0.25) is 4.72 Å². The lowest BCUT2D eigenvalue weighted by atomic mass is 10.1. The van der Waals surface area contributed by atoms with Gasteiger partial charge in [0, 0.05) is 12.1 Å². The van der Waals surface area contributed by atoms with Crippen molar-refractivity contribution in [1.82, 2.24) is 9.44 Å². The molecule has 0 aliphatic carbocycles. The lowest BCUT2D eigenvalue weighted by Crippen LogP contribution is -2.33. The summed E-state index contributed by atoms with van der Waals surface area (Å²) in [5.41, 5.74) is 5.92. The van der Waals surface area contributed by atoms with Crippen molar-refractivity contribution in [2.24, 2.45) is 5.73 Å².